The van der Waals surface area contributed by atoms with Gasteiger partial charge in [0.15, 0.2) is 17.1 Å². The highest BCUT2D eigenvalue weighted by molar-refractivity contribution is 5.79. The second kappa shape index (κ2) is 12.3. The molecule has 6 nitrogen and oxygen atoms in total. The molecule has 0 atom stereocenters. The summed E-state index contributed by atoms with van der Waals surface area (Å²) in [5, 5.41) is 11.0. The van der Waals surface area contributed by atoms with Crippen LogP contribution in [0.1, 0.15) is 58.3 Å². The fourth-order valence-corrected chi connectivity index (χ4v) is 4.17. The molecule has 1 heterocycles. The lowest BCUT2D eigenvalue weighted by atomic mass is 10.0. The molecule has 0 amide bonds. The van der Waals surface area contributed by atoms with Crippen molar-refractivity contribution in [1.29, 1.82) is 0 Å². The van der Waals surface area contributed by atoms with E-state index in [0.717, 1.165) is 29.5 Å². The van der Waals surface area contributed by atoms with Crippen LogP contribution in [-0.2, 0) is 0 Å². The molecule has 4 aromatic rings. The maximum atomic E-state index is 14.6. The average Bonchev–Trinajstić information content (AvgIpc) is 3.32. The van der Waals surface area contributed by atoms with Gasteiger partial charge < -0.3 is 9.15 Å². The van der Waals surface area contributed by atoms with Crippen LogP contribution in [0.3, 0.4) is 0 Å². The largest absolute Gasteiger partial charge is 0.491 e. The standard InChI is InChI=1S/C29H31FN2O4/c1-2-3-4-5-6-7-8-9-18-35-27-16-14-23(19-25(27)30)21-10-12-22(13-11-21)29-31-26-20-24(32(33)34)15-17-28(26)36-29/h10-17,19-20H,2-9,18H2,1H3. The van der Waals surface area contributed by atoms with Crippen LogP contribution in [0.25, 0.3) is 33.7 Å². The summed E-state index contributed by atoms with van der Waals surface area (Å²) in [6.07, 6.45) is 9.69. The van der Waals surface area contributed by atoms with Crippen LogP contribution in [0.4, 0.5) is 10.1 Å². The molecule has 0 aliphatic carbocycles. The van der Waals surface area contributed by atoms with Gasteiger partial charge in [0.05, 0.1) is 11.5 Å². The fourth-order valence-electron chi connectivity index (χ4n) is 4.17. The van der Waals surface area contributed by atoms with Gasteiger partial charge in [-0.2, -0.15) is 0 Å². The molecular weight excluding hydrogens is 459 g/mol. The number of nitrogens with zero attached hydrogens (tertiary/aromatic N) is 2. The number of benzene rings is 3. The minimum Gasteiger partial charge on any atom is -0.491 e. The van der Waals surface area contributed by atoms with Crippen LogP contribution in [0.15, 0.2) is 65.1 Å². The quantitative estimate of drug-likeness (QED) is 0.106. The Hall–Kier alpha value is -3.74. The van der Waals surface area contributed by atoms with Gasteiger partial charge >= 0.3 is 0 Å². The summed E-state index contributed by atoms with van der Waals surface area (Å²) in [6, 6.07) is 16.7. The summed E-state index contributed by atoms with van der Waals surface area (Å²) in [6.45, 7) is 2.74. The van der Waals surface area contributed by atoms with Crippen molar-refractivity contribution < 1.29 is 18.5 Å². The van der Waals surface area contributed by atoms with Crippen molar-refractivity contribution in [2.45, 2.75) is 58.3 Å². The van der Waals surface area contributed by atoms with Crippen LogP contribution in [0, 0.1) is 15.9 Å². The minimum atomic E-state index is -0.464. The van der Waals surface area contributed by atoms with E-state index in [1.807, 2.05) is 30.3 Å². The topological polar surface area (TPSA) is 78.4 Å². The normalized spacial score (nSPS) is 11.2. The number of ether oxygens (including phenoxy) is 1. The summed E-state index contributed by atoms with van der Waals surface area (Å²) >= 11 is 0. The van der Waals surface area contributed by atoms with Crippen LogP contribution < -0.4 is 4.74 Å². The lowest BCUT2D eigenvalue weighted by Gasteiger charge is -2.09. The van der Waals surface area contributed by atoms with Crippen molar-refractivity contribution in [1.82, 2.24) is 4.98 Å². The van der Waals surface area contributed by atoms with Crippen LogP contribution in [0.2, 0.25) is 0 Å². The van der Waals surface area contributed by atoms with E-state index in [9.17, 15) is 14.5 Å². The highest BCUT2D eigenvalue weighted by Gasteiger charge is 2.13. The maximum absolute atomic E-state index is 14.6. The Labute approximate surface area is 210 Å². The SMILES string of the molecule is CCCCCCCCCCOc1ccc(-c2ccc(-c3nc4cc([N+](=O)[O-])ccc4o3)cc2)cc1F. The van der Waals surface area contributed by atoms with Crippen molar-refractivity contribution in [2.75, 3.05) is 6.61 Å². The van der Waals surface area contributed by atoms with Crippen molar-refractivity contribution in [3.63, 3.8) is 0 Å². The van der Waals surface area contributed by atoms with E-state index in [2.05, 4.69) is 11.9 Å². The Morgan fingerprint density at radius 2 is 1.53 bits per heavy atom. The molecule has 7 heteroatoms. The van der Waals surface area contributed by atoms with E-state index in [-0.39, 0.29) is 17.3 Å². The molecule has 36 heavy (non-hydrogen) atoms. The molecule has 188 valence electrons. The highest BCUT2D eigenvalue weighted by atomic mass is 19.1. The van der Waals surface area contributed by atoms with Gasteiger partial charge in [0.25, 0.3) is 5.69 Å². The molecule has 0 aliphatic heterocycles. The smallest absolute Gasteiger partial charge is 0.271 e. The van der Waals surface area contributed by atoms with Gasteiger partial charge in [0.2, 0.25) is 5.89 Å². The van der Waals surface area contributed by atoms with Gasteiger partial charge in [-0.3, -0.25) is 10.1 Å². The Morgan fingerprint density at radius 3 is 2.22 bits per heavy atom. The third-order valence-corrected chi connectivity index (χ3v) is 6.23. The highest BCUT2D eigenvalue weighted by Crippen LogP contribution is 2.30. The van der Waals surface area contributed by atoms with Crippen molar-refractivity contribution in [2.24, 2.45) is 0 Å². The Kier molecular flexibility index (Phi) is 8.66. The molecule has 0 spiro atoms. The predicted octanol–water partition coefficient (Wildman–Crippen LogP) is 8.73. The molecule has 0 saturated heterocycles. The van der Waals surface area contributed by atoms with Gasteiger partial charge in [0.1, 0.15) is 5.52 Å². The lowest BCUT2D eigenvalue weighted by Crippen LogP contribution is -1.99. The molecule has 0 saturated carbocycles. The number of halogens is 1. The first-order valence-electron chi connectivity index (χ1n) is 12.6. The average molecular weight is 491 g/mol. The Morgan fingerprint density at radius 1 is 0.861 bits per heavy atom. The zero-order chi connectivity index (χ0) is 25.3. The molecular formula is C29H31FN2O4. The molecule has 0 N–H and O–H groups in total. The van der Waals surface area contributed by atoms with Gasteiger partial charge in [0, 0.05) is 17.7 Å². The first-order chi connectivity index (χ1) is 17.5. The molecule has 0 radical (unpaired) electrons. The Bertz CT molecular complexity index is 1300. The predicted molar refractivity (Wildman–Crippen MR) is 140 cm³/mol. The molecule has 0 unspecified atom stereocenters. The minimum absolute atomic E-state index is 0.0371. The molecule has 0 fully saturated rings. The van der Waals surface area contributed by atoms with Crippen molar-refractivity contribution in [3.8, 4) is 28.3 Å². The third kappa shape index (κ3) is 6.47. The second-order valence-corrected chi connectivity index (χ2v) is 8.97. The van der Waals surface area contributed by atoms with Crippen LogP contribution >= 0.6 is 0 Å². The summed E-state index contributed by atoms with van der Waals surface area (Å²) in [4.78, 5) is 14.9. The number of nitro groups is 1. The van der Waals surface area contributed by atoms with E-state index < -0.39 is 4.92 Å². The van der Waals surface area contributed by atoms with E-state index in [0.29, 0.717) is 23.6 Å². The summed E-state index contributed by atoms with van der Waals surface area (Å²) in [5.74, 6) is 0.267. The number of hydrogen-bond acceptors (Lipinski definition) is 5. The van der Waals surface area contributed by atoms with Crippen LogP contribution in [-0.4, -0.2) is 16.5 Å². The molecule has 4 rings (SSSR count). The Balaban J connectivity index is 1.33. The summed E-state index contributed by atoms with van der Waals surface area (Å²) in [5.41, 5.74) is 3.18. The van der Waals surface area contributed by atoms with Gasteiger partial charge in [-0.1, -0.05) is 70.1 Å². The molecule has 0 bridgehead atoms. The van der Waals surface area contributed by atoms with Gasteiger partial charge in [-0.05, 0) is 47.9 Å². The monoisotopic (exact) mass is 490 g/mol. The van der Waals surface area contributed by atoms with Gasteiger partial charge in [-0.15, -0.1) is 0 Å². The second-order valence-electron chi connectivity index (χ2n) is 8.97. The number of fused-ring (bicyclic) bond motifs is 1. The van der Waals surface area contributed by atoms with E-state index in [1.165, 1.54) is 56.7 Å². The van der Waals surface area contributed by atoms with E-state index in [1.54, 1.807) is 12.1 Å². The maximum Gasteiger partial charge on any atom is 0.271 e. The zero-order valence-electron chi connectivity index (χ0n) is 20.5. The third-order valence-electron chi connectivity index (χ3n) is 6.23. The number of rotatable bonds is 13. The van der Waals surface area contributed by atoms with Crippen molar-refractivity contribution in [3.05, 3.63) is 76.6 Å². The first-order valence-corrected chi connectivity index (χ1v) is 12.6. The van der Waals surface area contributed by atoms with E-state index >= 15 is 0 Å². The van der Waals surface area contributed by atoms with Crippen LogP contribution in [0.5, 0.6) is 5.75 Å². The first kappa shape index (κ1) is 25.4. The summed E-state index contributed by atoms with van der Waals surface area (Å²) < 4.78 is 26.0. The molecule has 1 aromatic heterocycles. The number of aromatic nitrogens is 1. The fraction of sp³-hybridized carbons (Fsp3) is 0.345. The van der Waals surface area contributed by atoms with Crippen molar-refractivity contribution >= 4 is 16.8 Å². The number of hydrogen-bond donors (Lipinski definition) is 0. The number of non-ortho nitro benzene ring substituents is 1. The molecule has 3 aromatic carbocycles. The lowest BCUT2D eigenvalue weighted by molar-refractivity contribution is -0.384. The number of oxazole rings is 1. The number of nitro benzene ring substituents is 1. The van der Waals surface area contributed by atoms with E-state index in [4.69, 9.17) is 9.15 Å². The molecule has 0 aliphatic rings. The zero-order valence-corrected chi connectivity index (χ0v) is 20.5. The van der Waals surface area contributed by atoms with Gasteiger partial charge in [-0.25, -0.2) is 9.37 Å². The summed E-state index contributed by atoms with van der Waals surface area (Å²) in [7, 11) is 0. The number of unbranched alkanes of at least 4 members (excludes halogenated alkanes) is 7.